The molecule has 3 aromatic heterocycles. The van der Waals surface area contributed by atoms with E-state index in [1.165, 1.54) is 16.5 Å². The fourth-order valence-electron chi connectivity index (χ4n) is 2.57. The highest BCUT2D eigenvalue weighted by molar-refractivity contribution is 5.80. The number of aromatic nitrogens is 4. The fraction of sp³-hybridized carbons (Fsp3) is 0.375. The molecule has 0 fully saturated rings. The van der Waals surface area contributed by atoms with E-state index in [0.29, 0.717) is 0 Å². The topological polar surface area (TPSA) is 47.7 Å². The average Bonchev–Trinajstić information content (AvgIpc) is 3.11. The van der Waals surface area contributed by atoms with Crippen LogP contribution in [0, 0.1) is 0 Å². The van der Waals surface area contributed by atoms with E-state index in [1.54, 1.807) is 0 Å². The second-order valence-electron chi connectivity index (χ2n) is 5.14. The van der Waals surface area contributed by atoms with E-state index < -0.39 is 0 Å². The summed E-state index contributed by atoms with van der Waals surface area (Å²) in [4.78, 5) is 4.54. The van der Waals surface area contributed by atoms with Crippen molar-refractivity contribution in [2.45, 2.75) is 33.5 Å². The highest BCUT2D eigenvalue weighted by Gasteiger charge is 2.10. The lowest BCUT2D eigenvalue weighted by Gasteiger charge is -2.01. The fourth-order valence-corrected chi connectivity index (χ4v) is 2.57. The number of hydrogen-bond acceptors (Lipinski definition) is 3. The van der Waals surface area contributed by atoms with E-state index >= 15 is 0 Å². The van der Waals surface area contributed by atoms with Crippen molar-refractivity contribution in [1.29, 1.82) is 0 Å². The Kier molecular flexibility index (Phi) is 4.01. The van der Waals surface area contributed by atoms with Gasteiger partial charge in [0, 0.05) is 42.6 Å². The van der Waals surface area contributed by atoms with Crippen LogP contribution in [0.1, 0.15) is 25.0 Å². The average molecular weight is 283 g/mol. The van der Waals surface area contributed by atoms with Crippen LogP contribution < -0.4 is 5.32 Å². The third-order valence-corrected chi connectivity index (χ3v) is 3.65. The summed E-state index contributed by atoms with van der Waals surface area (Å²) < 4.78 is 4.16. The minimum absolute atomic E-state index is 0.805. The summed E-state index contributed by atoms with van der Waals surface area (Å²) in [6.07, 6.45) is 8.08. The molecule has 1 N–H and O–H groups in total. The van der Waals surface area contributed by atoms with Crippen molar-refractivity contribution in [3.63, 3.8) is 0 Å². The first-order valence-corrected chi connectivity index (χ1v) is 7.46. The van der Waals surface area contributed by atoms with Gasteiger partial charge >= 0.3 is 0 Å². The van der Waals surface area contributed by atoms with Crippen LogP contribution >= 0.6 is 0 Å². The molecule has 0 aliphatic rings. The molecule has 0 radical (unpaired) electrons. The molecule has 5 heteroatoms. The summed E-state index contributed by atoms with van der Waals surface area (Å²) in [5.41, 5.74) is 3.53. The molecule has 0 aliphatic heterocycles. The third-order valence-electron chi connectivity index (χ3n) is 3.65. The second-order valence-corrected chi connectivity index (χ2v) is 5.14. The largest absolute Gasteiger partial charge is 0.328 e. The van der Waals surface area contributed by atoms with Crippen molar-refractivity contribution in [3.8, 4) is 0 Å². The number of fused-ring (bicyclic) bond motifs is 1. The molecular weight excluding hydrogens is 262 g/mol. The van der Waals surface area contributed by atoms with Crippen LogP contribution in [0.2, 0.25) is 0 Å². The predicted molar refractivity (Wildman–Crippen MR) is 84.1 cm³/mol. The van der Waals surface area contributed by atoms with Gasteiger partial charge in [-0.05, 0) is 31.2 Å². The molecule has 3 heterocycles. The lowest BCUT2D eigenvalue weighted by molar-refractivity contribution is 0.658. The smallest absolute Gasteiger partial charge is 0.140 e. The minimum Gasteiger partial charge on any atom is -0.328 e. The van der Waals surface area contributed by atoms with Gasteiger partial charge in [0.05, 0.1) is 12.7 Å². The quantitative estimate of drug-likeness (QED) is 0.755. The molecule has 0 aliphatic carbocycles. The Labute approximate surface area is 124 Å². The van der Waals surface area contributed by atoms with Gasteiger partial charge in [0.25, 0.3) is 0 Å². The summed E-state index contributed by atoms with van der Waals surface area (Å²) >= 11 is 0. The van der Waals surface area contributed by atoms with E-state index in [1.807, 2.05) is 23.1 Å². The van der Waals surface area contributed by atoms with Gasteiger partial charge in [-0.15, -0.1) is 0 Å². The maximum Gasteiger partial charge on any atom is 0.140 e. The number of nitrogens with zero attached hydrogens (tertiary/aromatic N) is 4. The molecule has 0 aromatic carbocycles. The van der Waals surface area contributed by atoms with Gasteiger partial charge in [-0.2, -0.15) is 5.10 Å². The van der Waals surface area contributed by atoms with Crippen molar-refractivity contribution in [1.82, 2.24) is 24.6 Å². The van der Waals surface area contributed by atoms with Gasteiger partial charge in [-0.25, -0.2) is 4.98 Å². The molecule has 5 nitrogen and oxygen atoms in total. The lowest BCUT2D eigenvalue weighted by Crippen LogP contribution is -2.11. The number of nitrogens with one attached hydrogen (secondary N) is 1. The Morgan fingerprint density at radius 1 is 1.24 bits per heavy atom. The molecule has 0 amide bonds. The Balaban J connectivity index is 1.93. The van der Waals surface area contributed by atoms with Crippen molar-refractivity contribution >= 4 is 11.0 Å². The molecule has 3 rings (SSSR count). The first kappa shape index (κ1) is 13.8. The Morgan fingerprint density at radius 2 is 2.14 bits per heavy atom. The normalized spacial score (nSPS) is 11.3. The van der Waals surface area contributed by atoms with Gasteiger partial charge in [0.1, 0.15) is 5.65 Å². The van der Waals surface area contributed by atoms with Gasteiger partial charge in [0.15, 0.2) is 0 Å². The zero-order chi connectivity index (χ0) is 14.7. The van der Waals surface area contributed by atoms with Gasteiger partial charge in [-0.1, -0.05) is 6.92 Å². The first-order chi connectivity index (χ1) is 10.3. The highest BCUT2D eigenvalue weighted by atomic mass is 15.3. The Hall–Kier alpha value is -2.14. The van der Waals surface area contributed by atoms with Crippen LogP contribution in [0.4, 0.5) is 0 Å². The van der Waals surface area contributed by atoms with Gasteiger partial charge in [-0.3, -0.25) is 4.68 Å². The summed E-state index contributed by atoms with van der Waals surface area (Å²) in [5, 5.41) is 8.95. The van der Waals surface area contributed by atoms with Crippen LogP contribution in [0.25, 0.3) is 11.0 Å². The van der Waals surface area contributed by atoms with E-state index in [0.717, 1.165) is 31.8 Å². The lowest BCUT2D eigenvalue weighted by atomic mass is 10.2. The molecule has 21 heavy (non-hydrogen) atoms. The summed E-state index contributed by atoms with van der Waals surface area (Å²) in [5.74, 6) is 0. The van der Waals surface area contributed by atoms with Crippen molar-refractivity contribution in [2.75, 3.05) is 6.54 Å². The SMILES string of the molecule is CCNCc1cn(Cc2cnn(CC)c2)c2ncccc12. The van der Waals surface area contributed by atoms with Crippen LogP contribution in [0.3, 0.4) is 0 Å². The maximum atomic E-state index is 4.54. The van der Waals surface area contributed by atoms with Crippen LogP contribution in [-0.2, 0) is 19.6 Å². The molecule has 0 atom stereocenters. The maximum absolute atomic E-state index is 4.54. The standard InChI is InChI=1S/C16H21N5/c1-3-17-9-14-12-20(16-15(14)6-5-7-18-16)10-13-8-19-21(4-2)11-13/h5-8,11-12,17H,3-4,9-10H2,1-2H3. The van der Waals surface area contributed by atoms with Crippen LogP contribution in [0.15, 0.2) is 36.9 Å². The molecule has 110 valence electrons. The molecule has 0 saturated heterocycles. The predicted octanol–water partition coefficient (Wildman–Crippen LogP) is 2.41. The highest BCUT2D eigenvalue weighted by Crippen LogP contribution is 2.20. The zero-order valence-electron chi connectivity index (χ0n) is 12.6. The van der Waals surface area contributed by atoms with E-state index in [4.69, 9.17) is 0 Å². The van der Waals surface area contributed by atoms with E-state index in [2.05, 4.69) is 52.3 Å². The molecule has 0 saturated carbocycles. The molecule has 0 bridgehead atoms. The van der Waals surface area contributed by atoms with Gasteiger partial charge in [0.2, 0.25) is 0 Å². The number of pyridine rings is 1. The molecule has 0 unspecified atom stereocenters. The zero-order valence-corrected chi connectivity index (χ0v) is 12.6. The Morgan fingerprint density at radius 3 is 2.90 bits per heavy atom. The van der Waals surface area contributed by atoms with Gasteiger partial charge < -0.3 is 9.88 Å². The van der Waals surface area contributed by atoms with Crippen LogP contribution in [-0.4, -0.2) is 25.9 Å². The van der Waals surface area contributed by atoms with E-state index in [-0.39, 0.29) is 0 Å². The minimum atomic E-state index is 0.805. The number of hydrogen-bond donors (Lipinski definition) is 1. The molecule has 3 aromatic rings. The third kappa shape index (κ3) is 2.83. The van der Waals surface area contributed by atoms with Crippen molar-refractivity contribution in [2.24, 2.45) is 0 Å². The molecular formula is C16H21N5. The number of rotatable bonds is 6. The number of aryl methyl sites for hydroxylation is 1. The van der Waals surface area contributed by atoms with E-state index in [9.17, 15) is 0 Å². The monoisotopic (exact) mass is 283 g/mol. The molecule has 0 spiro atoms. The summed E-state index contributed by atoms with van der Waals surface area (Å²) in [6.45, 7) is 7.76. The first-order valence-electron chi connectivity index (χ1n) is 7.46. The second kappa shape index (κ2) is 6.10. The van der Waals surface area contributed by atoms with Crippen LogP contribution in [0.5, 0.6) is 0 Å². The summed E-state index contributed by atoms with van der Waals surface area (Å²) in [6, 6.07) is 4.14. The van der Waals surface area contributed by atoms with Crippen molar-refractivity contribution < 1.29 is 0 Å². The van der Waals surface area contributed by atoms with Crippen molar-refractivity contribution in [3.05, 3.63) is 48.0 Å². The summed E-state index contributed by atoms with van der Waals surface area (Å²) in [7, 11) is 0. The Bertz CT molecular complexity index is 725.